The number of benzene rings is 1. The zero-order valence-corrected chi connectivity index (χ0v) is 15.5. The molecule has 7 nitrogen and oxygen atoms in total. The first-order chi connectivity index (χ1) is 12.5. The average molecular weight is 393 g/mol. The lowest BCUT2D eigenvalue weighted by molar-refractivity contribution is -0.123. The molecule has 0 saturated carbocycles. The second-order valence-electron chi connectivity index (χ2n) is 5.76. The van der Waals surface area contributed by atoms with E-state index in [0.29, 0.717) is 15.9 Å². The van der Waals surface area contributed by atoms with E-state index in [2.05, 4.69) is 20.6 Å². The molecule has 0 fully saturated rings. The van der Waals surface area contributed by atoms with Crippen LogP contribution in [0.5, 0.6) is 0 Å². The quantitative estimate of drug-likeness (QED) is 0.536. The van der Waals surface area contributed by atoms with Crippen molar-refractivity contribution in [2.24, 2.45) is 0 Å². The van der Waals surface area contributed by atoms with E-state index in [1.165, 1.54) is 11.8 Å². The van der Waals surface area contributed by atoms with Crippen molar-refractivity contribution in [3.63, 3.8) is 0 Å². The smallest absolute Gasteiger partial charge is 0.257 e. The van der Waals surface area contributed by atoms with Crippen LogP contribution in [0.15, 0.2) is 34.2 Å². The van der Waals surface area contributed by atoms with Gasteiger partial charge >= 0.3 is 0 Å². The minimum Gasteiger partial charge on any atom is -0.324 e. The molecule has 2 heterocycles. The van der Waals surface area contributed by atoms with E-state index in [1.807, 2.05) is 6.92 Å². The molecule has 9 heteroatoms. The number of hydrogen-bond acceptors (Lipinski definition) is 5. The van der Waals surface area contributed by atoms with Gasteiger partial charge in [0.1, 0.15) is 5.82 Å². The summed E-state index contributed by atoms with van der Waals surface area (Å²) in [4.78, 5) is 44.2. The molecule has 3 N–H and O–H groups in total. The molecule has 3 rings (SSSR count). The number of hydrogen-bond donors (Lipinski definition) is 3. The van der Waals surface area contributed by atoms with E-state index in [0.717, 1.165) is 12.2 Å². The number of fused-ring (bicyclic) bond motifs is 1. The summed E-state index contributed by atoms with van der Waals surface area (Å²) in [6.45, 7) is 2.01. The highest BCUT2D eigenvalue weighted by Crippen LogP contribution is 2.31. The molecule has 1 aromatic carbocycles. The number of aromatic nitrogens is 2. The highest BCUT2D eigenvalue weighted by atomic mass is 35.5. The lowest BCUT2D eigenvalue weighted by Gasteiger charge is -2.23. The van der Waals surface area contributed by atoms with Crippen LogP contribution < -0.4 is 16.2 Å². The Bertz CT molecular complexity index is 915. The number of thioether (sulfide) groups is 1. The number of carbonyl (C=O) groups is 2. The summed E-state index contributed by atoms with van der Waals surface area (Å²) in [6.07, 6.45) is 0.788. The van der Waals surface area contributed by atoms with Crippen LogP contribution in [0.4, 0.5) is 11.5 Å². The van der Waals surface area contributed by atoms with Gasteiger partial charge in [-0.15, -0.1) is 0 Å². The number of aromatic amines is 1. The van der Waals surface area contributed by atoms with Crippen molar-refractivity contribution in [1.29, 1.82) is 0 Å². The maximum atomic E-state index is 12.7. The topological polar surface area (TPSA) is 104 Å². The van der Waals surface area contributed by atoms with Gasteiger partial charge in [-0.05, 0) is 18.6 Å². The number of nitrogens with zero attached hydrogens (tertiary/aromatic N) is 1. The van der Waals surface area contributed by atoms with Crippen LogP contribution in [-0.2, 0) is 9.59 Å². The summed E-state index contributed by atoms with van der Waals surface area (Å²) in [6, 6.07) is 6.77. The van der Waals surface area contributed by atoms with Crippen molar-refractivity contribution in [3.8, 4) is 0 Å². The van der Waals surface area contributed by atoms with Crippen LogP contribution >= 0.6 is 23.4 Å². The maximum absolute atomic E-state index is 12.7. The first kappa shape index (κ1) is 18.5. The van der Waals surface area contributed by atoms with E-state index < -0.39 is 17.4 Å². The van der Waals surface area contributed by atoms with Gasteiger partial charge in [-0.25, -0.2) is 4.98 Å². The van der Waals surface area contributed by atoms with E-state index in [4.69, 9.17) is 11.6 Å². The largest absolute Gasteiger partial charge is 0.324 e. The van der Waals surface area contributed by atoms with E-state index in [9.17, 15) is 14.4 Å². The van der Waals surface area contributed by atoms with Crippen molar-refractivity contribution >= 4 is 46.7 Å². The molecule has 1 aliphatic heterocycles. The standard InChI is InChI=1S/C17H17ClN4O3S/c1-2-7-26-17-21-14-13(16(25)22-17)9(8-12(23)20-14)15(24)19-11-6-4-3-5-10(11)18/h3-6,9H,2,7-8H2,1H3,(H,19,24)(H2,20,21,22,23,25). The van der Waals surface area contributed by atoms with Gasteiger partial charge in [0, 0.05) is 12.2 Å². The minimum absolute atomic E-state index is 0.129. The van der Waals surface area contributed by atoms with Gasteiger partial charge in [0.25, 0.3) is 5.56 Å². The number of halogens is 1. The van der Waals surface area contributed by atoms with Crippen molar-refractivity contribution in [3.05, 3.63) is 45.2 Å². The maximum Gasteiger partial charge on any atom is 0.257 e. The highest BCUT2D eigenvalue weighted by Gasteiger charge is 2.34. The molecule has 2 amide bonds. The van der Waals surface area contributed by atoms with Gasteiger partial charge in [0.05, 0.1) is 22.2 Å². The molecule has 2 aromatic rings. The van der Waals surface area contributed by atoms with Crippen LogP contribution in [0, 0.1) is 0 Å². The number of amides is 2. The summed E-state index contributed by atoms with van der Waals surface area (Å²) >= 11 is 7.45. The summed E-state index contributed by atoms with van der Waals surface area (Å²) in [7, 11) is 0. The Hall–Kier alpha value is -2.32. The minimum atomic E-state index is -0.934. The van der Waals surface area contributed by atoms with Crippen LogP contribution in [0.3, 0.4) is 0 Å². The fourth-order valence-electron chi connectivity index (χ4n) is 2.62. The number of rotatable bonds is 5. The molecule has 0 aliphatic carbocycles. The Kier molecular flexibility index (Phi) is 5.63. The summed E-state index contributed by atoms with van der Waals surface area (Å²) in [5.74, 6) is -0.845. The summed E-state index contributed by atoms with van der Waals surface area (Å²) in [5, 5.41) is 6.06. The Morgan fingerprint density at radius 3 is 2.88 bits per heavy atom. The number of anilines is 2. The Labute approximate surface area is 158 Å². The molecular weight excluding hydrogens is 376 g/mol. The van der Waals surface area contributed by atoms with Crippen LogP contribution in [0.1, 0.15) is 31.2 Å². The van der Waals surface area contributed by atoms with Gasteiger partial charge in [0.2, 0.25) is 11.8 Å². The molecule has 0 radical (unpaired) electrons. The highest BCUT2D eigenvalue weighted by molar-refractivity contribution is 7.99. The fourth-order valence-corrected chi connectivity index (χ4v) is 3.53. The third-order valence-electron chi connectivity index (χ3n) is 3.82. The first-order valence-corrected chi connectivity index (χ1v) is 9.48. The molecule has 1 aromatic heterocycles. The van der Waals surface area contributed by atoms with E-state index in [1.54, 1.807) is 24.3 Å². The number of H-pyrrole nitrogens is 1. The van der Waals surface area contributed by atoms with Gasteiger partial charge in [-0.2, -0.15) is 0 Å². The zero-order chi connectivity index (χ0) is 18.7. The molecule has 1 unspecified atom stereocenters. The van der Waals surface area contributed by atoms with Gasteiger partial charge in [0.15, 0.2) is 5.16 Å². The van der Waals surface area contributed by atoms with Gasteiger partial charge in [-0.3, -0.25) is 14.4 Å². The molecule has 1 atom stereocenters. The zero-order valence-electron chi connectivity index (χ0n) is 14.0. The van der Waals surface area contributed by atoms with Gasteiger partial charge in [-0.1, -0.05) is 42.4 Å². The first-order valence-electron chi connectivity index (χ1n) is 8.11. The van der Waals surface area contributed by atoms with Crippen LogP contribution in [0.25, 0.3) is 0 Å². The fraction of sp³-hybridized carbons (Fsp3) is 0.294. The van der Waals surface area contributed by atoms with E-state index >= 15 is 0 Å². The molecule has 0 bridgehead atoms. The SMILES string of the molecule is CCCSc1nc2c(c(=O)[nH]1)C(C(=O)Nc1ccccc1Cl)CC(=O)N2. The van der Waals surface area contributed by atoms with Crippen molar-refractivity contribution in [2.75, 3.05) is 16.4 Å². The second-order valence-corrected chi connectivity index (χ2v) is 7.25. The molecule has 0 saturated heterocycles. The molecule has 136 valence electrons. The predicted molar refractivity (Wildman–Crippen MR) is 102 cm³/mol. The second kappa shape index (κ2) is 7.92. The van der Waals surface area contributed by atoms with Crippen molar-refractivity contribution < 1.29 is 9.59 Å². The molecule has 1 aliphatic rings. The lowest BCUT2D eigenvalue weighted by atomic mass is 9.92. The average Bonchev–Trinajstić information content (AvgIpc) is 2.60. The normalized spacial score (nSPS) is 15.9. The third kappa shape index (κ3) is 3.91. The van der Waals surface area contributed by atoms with E-state index in [-0.39, 0.29) is 23.7 Å². The summed E-state index contributed by atoms with van der Waals surface area (Å²) in [5.41, 5.74) is 0.161. The van der Waals surface area contributed by atoms with Crippen LogP contribution in [0.2, 0.25) is 5.02 Å². The molecular formula is C17H17ClN4O3S. The van der Waals surface area contributed by atoms with Gasteiger partial charge < -0.3 is 15.6 Å². The monoisotopic (exact) mass is 392 g/mol. The lowest BCUT2D eigenvalue weighted by Crippen LogP contribution is -2.36. The summed E-state index contributed by atoms with van der Waals surface area (Å²) < 4.78 is 0. The number of para-hydroxylation sites is 1. The number of nitrogens with one attached hydrogen (secondary N) is 3. The predicted octanol–water partition coefficient (Wildman–Crippen LogP) is 2.99. The Morgan fingerprint density at radius 2 is 2.15 bits per heavy atom. The van der Waals surface area contributed by atoms with Crippen molar-refractivity contribution in [1.82, 2.24) is 9.97 Å². The number of carbonyl (C=O) groups excluding carboxylic acids is 2. The Balaban J connectivity index is 1.93. The Morgan fingerprint density at radius 1 is 1.38 bits per heavy atom. The van der Waals surface area contributed by atoms with Crippen molar-refractivity contribution in [2.45, 2.75) is 30.8 Å². The third-order valence-corrected chi connectivity index (χ3v) is 5.23. The molecule has 26 heavy (non-hydrogen) atoms. The molecule has 0 spiro atoms. The van der Waals surface area contributed by atoms with Crippen LogP contribution in [-0.4, -0.2) is 27.5 Å².